The second-order valence-electron chi connectivity index (χ2n) is 10.4. The molecule has 186 valence electrons. The Labute approximate surface area is 229 Å². The van der Waals surface area contributed by atoms with Crippen LogP contribution in [0.1, 0.15) is 0 Å². The summed E-state index contributed by atoms with van der Waals surface area (Å²) < 4.78 is 13.1. The van der Waals surface area contributed by atoms with E-state index in [1.54, 1.807) is 0 Å². The molecule has 0 radical (unpaired) electrons. The van der Waals surface area contributed by atoms with Crippen molar-refractivity contribution in [2.24, 2.45) is 0 Å². The van der Waals surface area contributed by atoms with Crippen molar-refractivity contribution in [3.63, 3.8) is 0 Å². The molecule has 2 nitrogen and oxygen atoms in total. The highest BCUT2D eigenvalue weighted by Crippen LogP contribution is 2.50. The lowest BCUT2D eigenvalue weighted by atomic mass is 9.86. The molecular formula is C38H22O2. The van der Waals surface area contributed by atoms with Crippen molar-refractivity contribution in [1.29, 1.82) is 0 Å². The normalized spacial score (nSPS) is 12.0. The summed E-state index contributed by atoms with van der Waals surface area (Å²) in [7, 11) is 0. The van der Waals surface area contributed by atoms with Gasteiger partial charge in [0.1, 0.15) is 22.3 Å². The van der Waals surface area contributed by atoms with Gasteiger partial charge in [0.2, 0.25) is 0 Å². The summed E-state index contributed by atoms with van der Waals surface area (Å²) in [6, 6.07) is 47.1. The van der Waals surface area contributed by atoms with Crippen LogP contribution in [-0.2, 0) is 0 Å². The number of furan rings is 2. The Morgan fingerprint density at radius 1 is 0.375 bits per heavy atom. The second-order valence-corrected chi connectivity index (χ2v) is 10.4. The molecule has 0 aliphatic carbocycles. The van der Waals surface area contributed by atoms with Gasteiger partial charge in [-0.1, -0.05) is 109 Å². The van der Waals surface area contributed by atoms with Gasteiger partial charge in [-0.3, -0.25) is 0 Å². The summed E-state index contributed by atoms with van der Waals surface area (Å²) >= 11 is 0. The second kappa shape index (κ2) is 8.08. The lowest BCUT2D eigenvalue weighted by Crippen LogP contribution is -1.90. The van der Waals surface area contributed by atoms with Crippen LogP contribution < -0.4 is 0 Å². The zero-order valence-electron chi connectivity index (χ0n) is 21.5. The van der Waals surface area contributed by atoms with Crippen LogP contribution in [0.3, 0.4) is 0 Å². The van der Waals surface area contributed by atoms with Gasteiger partial charge in [0, 0.05) is 32.7 Å². The minimum absolute atomic E-state index is 0.889. The molecule has 7 aromatic carbocycles. The van der Waals surface area contributed by atoms with Gasteiger partial charge < -0.3 is 8.83 Å². The SMILES string of the molecule is c1ccc2cc(-c3c4ccccc4c(-c4cccc5oc6ccccc6c45)c4c3oc3ccccc34)ccc2c1. The van der Waals surface area contributed by atoms with Crippen LogP contribution in [0.15, 0.2) is 142 Å². The zero-order chi connectivity index (χ0) is 26.2. The molecule has 9 aromatic rings. The monoisotopic (exact) mass is 510 g/mol. The highest BCUT2D eigenvalue weighted by molar-refractivity contribution is 6.29. The van der Waals surface area contributed by atoms with Crippen LogP contribution in [0.2, 0.25) is 0 Å². The molecule has 0 bridgehead atoms. The molecule has 40 heavy (non-hydrogen) atoms. The fraction of sp³-hybridized carbons (Fsp3) is 0. The zero-order valence-corrected chi connectivity index (χ0v) is 21.5. The Morgan fingerprint density at radius 2 is 0.975 bits per heavy atom. The summed E-state index contributed by atoms with van der Waals surface area (Å²) in [4.78, 5) is 0. The third-order valence-electron chi connectivity index (χ3n) is 8.25. The fourth-order valence-corrected chi connectivity index (χ4v) is 6.54. The Kier molecular flexibility index (Phi) is 4.36. The molecule has 0 N–H and O–H groups in total. The van der Waals surface area contributed by atoms with E-state index in [1.807, 2.05) is 18.2 Å². The van der Waals surface area contributed by atoms with Gasteiger partial charge >= 0.3 is 0 Å². The predicted molar refractivity (Wildman–Crippen MR) is 167 cm³/mol. The van der Waals surface area contributed by atoms with E-state index in [4.69, 9.17) is 8.83 Å². The molecule has 2 heteroatoms. The number of para-hydroxylation sites is 2. The Hall–Kier alpha value is -5.34. The molecule has 0 atom stereocenters. The van der Waals surface area contributed by atoms with Crippen LogP contribution in [-0.4, -0.2) is 0 Å². The summed E-state index contributed by atoms with van der Waals surface area (Å²) in [6.07, 6.45) is 0. The topological polar surface area (TPSA) is 26.3 Å². The molecule has 2 heterocycles. The summed E-state index contributed by atoms with van der Waals surface area (Å²) in [5.41, 5.74) is 8.20. The smallest absolute Gasteiger partial charge is 0.144 e. The largest absolute Gasteiger partial charge is 0.456 e. The molecule has 0 aliphatic heterocycles. The van der Waals surface area contributed by atoms with E-state index >= 15 is 0 Å². The summed E-state index contributed by atoms with van der Waals surface area (Å²) in [5.74, 6) is 0. The van der Waals surface area contributed by atoms with Gasteiger partial charge in [-0.05, 0) is 56.9 Å². The van der Waals surface area contributed by atoms with Crippen molar-refractivity contribution in [1.82, 2.24) is 0 Å². The first-order valence-electron chi connectivity index (χ1n) is 13.6. The van der Waals surface area contributed by atoms with Gasteiger partial charge in [-0.15, -0.1) is 0 Å². The molecular weight excluding hydrogens is 488 g/mol. The molecule has 0 aliphatic rings. The molecule has 0 fully saturated rings. The highest BCUT2D eigenvalue weighted by atomic mass is 16.3. The first-order valence-corrected chi connectivity index (χ1v) is 13.6. The van der Waals surface area contributed by atoms with E-state index in [1.165, 1.54) is 27.1 Å². The van der Waals surface area contributed by atoms with Gasteiger partial charge in [-0.25, -0.2) is 0 Å². The van der Waals surface area contributed by atoms with Crippen molar-refractivity contribution >= 4 is 65.4 Å². The van der Waals surface area contributed by atoms with Crippen LogP contribution >= 0.6 is 0 Å². The van der Waals surface area contributed by atoms with Crippen LogP contribution in [0, 0.1) is 0 Å². The fourth-order valence-electron chi connectivity index (χ4n) is 6.54. The molecule has 0 saturated carbocycles. The lowest BCUT2D eigenvalue weighted by Gasteiger charge is -2.15. The lowest BCUT2D eigenvalue weighted by molar-refractivity contribution is 0.669. The molecule has 0 saturated heterocycles. The van der Waals surface area contributed by atoms with Crippen LogP contribution in [0.5, 0.6) is 0 Å². The number of rotatable bonds is 2. The summed E-state index contributed by atoms with van der Waals surface area (Å²) in [6.45, 7) is 0. The Balaban J connectivity index is 1.52. The minimum atomic E-state index is 0.889. The van der Waals surface area contributed by atoms with Crippen molar-refractivity contribution in [2.75, 3.05) is 0 Å². The Morgan fingerprint density at radius 3 is 1.77 bits per heavy atom. The van der Waals surface area contributed by atoms with E-state index in [2.05, 4.69) is 115 Å². The first kappa shape index (κ1) is 21.6. The standard InChI is InChI=1S/C38H22O2/c1-2-11-24-22-25(21-20-23(24)10-1)34-26-12-3-4-13-27(26)36(37-29-15-6-8-18-32(29)40-38(34)37)30-16-9-19-33-35(30)28-14-5-7-17-31(28)39-33/h1-22H. The number of hydrogen-bond acceptors (Lipinski definition) is 2. The molecule has 0 amide bonds. The van der Waals surface area contributed by atoms with Crippen LogP contribution in [0.4, 0.5) is 0 Å². The molecule has 0 spiro atoms. The molecule has 2 aromatic heterocycles. The van der Waals surface area contributed by atoms with Crippen molar-refractivity contribution in [2.45, 2.75) is 0 Å². The Bertz CT molecular complexity index is 2440. The van der Waals surface area contributed by atoms with E-state index in [-0.39, 0.29) is 0 Å². The van der Waals surface area contributed by atoms with E-state index in [0.717, 1.165) is 60.6 Å². The third-order valence-corrected chi connectivity index (χ3v) is 8.25. The highest BCUT2D eigenvalue weighted by Gasteiger charge is 2.24. The van der Waals surface area contributed by atoms with Gasteiger partial charge in [0.15, 0.2) is 0 Å². The number of fused-ring (bicyclic) bond motifs is 8. The van der Waals surface area contributed by atoms with E-state index in [9.17, 15) is 0 Å². The predicted octanol–water partition coefficient (Wildman–Crippen LogP) is 11.1. The third kappa shape index (κ3) is 2.93. The maximum absolute atomic E-state index is 6.78. The molecule has 0 unspecified atom stereocenters. The number of benzene rings is 7. The first-order chi connectivity index (χ1) is 19.8. The molecule has 9 rings (SSSR count). The van der Waals surface area contributed by atoms with Gasteiger partial charge in [0.05, 0.1) is 0 Å². The maximum atomic E-state index is 6.78. The average Bonchev–Trinajstić information content (AvgIpc) is 3.58. The van der Waals surface area contributed by atoms with E-state index in [0.29, 0.717) is 0 Å². The van der Waals surface area contributed by atoms with Gasteiger partial charge in [-0.2, -0.15) is 0 Å². The maximum Gasteiger partial charge on any atom is 0.144 e. The minimum Gasteiger partial charge on any atom is -0.456 e. The quantitative estimate of drug-likeness (QED) is 0.231. The van der Waals surface area contributed by atoms with E-state index < -0.39 is 0 Å². The summed E-state index contributed by atoms with van der Waals surface area (Å²) in [5, 5.41) is 9.32. The average molecular weight is 511 g/mol. The number of hydrogen-bond donors (Lipinski definition) is 0. The van der Waals surface area contributed by atoms with Crippen LogP contribution in [0.25, 0.3) is 87.7 Å². The van der Waals surface area contributed by atoms with Crippen molar-refractivity contribution in [3.8, 4) is 22.3 Å². The van der Waals surface area contributed by atoms with Crippen molar-refractivity contribution in [3.05, 3.63) is 133 Å². The van der Waals surface area contributed by atoms with Gasteiger partial charge in [0.25, 0.3) is 0 Å². The van der Waals surface area contributed by atoms with Crippen molar-refractivity contribution < 1.29 is 8.83 Å².